The van der Waals surface area contributed by atoms with Gasteiger partial charge in [0.05, 0.1) is 6.10 Å². The number of aliphatic hydroxyl groups is 1. The Bertz CT molecular complexity index is 367. The van der Waals surface area contributed by atoms with Crippen molar-refractivity contribution in [1.29, 1.82) is 0 Å². The van der Waals surface area contributed by atoms with Crippen molar-refractivity contribution in [1.82, 2.24) is 0 Å². The second-order valence-electron chi connectivity index (χ2n) is 5.68. The summed E-state index contributed by atoms with van der Waals surface area (Å²) < 4.78 is 13.1. The van der Waals surface area contributed by atoms with Crippen molar-refractivity contribution in [2.45, 2.75) is 39.2 Å². The number of hydrogen-bond donors (Lipinski definition) is 1. The molecule has 0 spiro atoms. The number of hydrogen-bond acceptors (Lipinski definition) is 1. The lowest BCUT2D eigenvalue weighted by Gasteiger charge is -2.34. The summed E-state index contributed by atoms with van der Waals surface area (Å²) >= 11 is 0. The molecule has 0 saturated heterocycles. The Balaban J connectivity index is 2.11. The van der Waals surface area contributed by atoms with Gasteiger partial charge < -0.3 is 5.11 Å². The van der Waals surface area contributed by atoms with E-state index in [1.807, 2.05) is 6.07 Å². The van der Waals surface area contributed by atoms with Crippen LogP contribution >= 0.6 is 0 Å². The predicted octanol–water partition coefficient (Wildman–Crippen LogP) is 3.93. The van der Waals surface area contributed by atoms with Crippen molar-refractivity contribution in [3.05, 3.63) is 35.6 Å². The van der Waals surface area contributed by atoms with E-state index in [1.165, 1.54) is 18.6 Å². The van der Waals surface area contributed by atoms with Crippen LogP contribution in [-0.2, 0) is 0 Å². The number of benzene rings is 1. The molecule has 1 fully saturated rings. The van der Waals surface area contributed by atoms with E-state index < -0.39 is 6.10 Å². The predicted molar refractivity (Wildman–Crippen MR) is 67.0 cm³/mol. The third-order valence-electron chi connectivity index (χ3n) is 3.85. The molecule has 1 aliphatic carbocycles. The van der Waals surface area contributed by atoms with Crippen molar-refractivity contribution in [3.8, 4) is 0 Å². The van der Waals surface area contributed by atoms with Crippen molar-refractivity contribution < 1.29 is 9.50 Å². The van der Waals surface area contributed by atoms with Crippen LogP contribution in [0.15, 0.2) is 24.3 Å². The maximum Gasteiger partial charge on any atom is 0.123 e. The van der Waals surface area contributed by atoms with Crippen LogP contribution in [0.2, 0.25) is 0 Å². The van der Waals surface area contributed by atoms with Gasteiger partial charge in [0.1, 0.15) is 5.82 Å². The third kappa shape index (κ3) is 3.06. The summed E-state index contributed by atoms with van der Waals surface area (Å²) in [6.45, 7) is 4.47. The molecule has 1 aromatic rings. The Morgan fingerprint density at radius 2 is 1.82 bits per heavy atom. The van der Waals surface area contributed by atoms with Gasteiger partial charge in [-0.3, -0.25) is 0 Å². The number of aliphatic hydroxyl groups excluding tert-OH is 1. The molecule has 94 valence electrons. The Kier molecular flexibility index (Phi) is 3.82. The van der Waals surface area contributed by atoms with E-state index in [0.717, 1.165) is 18.4 Å². The molecule has 0 heterocycles. The van der Waals surface area contributed by atoms with E-state index in [1.54, 1.807) is 6.07 Å². The van der Waals surface area contributed by atoms with Crippen LogP contribution in [0.3, 0.4) is 0 Å². The fourth-order valence-electron chi connectivity index (χ4n) is 3.23. The highest BCUT2D eigenvalue weighted by Crippen LogP contribution is 2.39. The summed E-state index contributed by atoms with van der Waals surface area (Å²) in [5, 5.41) is 10.3. The lowest BCUT2D eigenvalue weighted by Crippen LogP contribution is -2.24. The average molecular weight is 236 g/mol. The average Bonchev–Trinajstić information content (AvgIpc) is 2.26. The first kappa shape index (κ1) is 12.6. The number of halogens is 1. The Labute approximate surface area is 103 Å². The molecule has 2 heteroatoms. The lowest BCUT2D eigenvalue weighted by molar-refractivity contribution is 0.0550. The van der Waals surface area contributed by atoms with E-state index >= 15 is 0 Å². The molecular formula is C15H21FO. The smallest absolute Gasteiger partial charge is 0.123 e. The Morgan fingerprint density at radius 1 is 1.18 bits per heavy atom. The molecule has 0 bridgehead atoms. The van der Waals surface area contributed by atoms with Gasteiger partial charge in [0.15, 0.2) is 0 Å². The van der Waals surface area contributed by atoms with Gasteiger partial charge in [-0.1, -0.05) is 26.0 Å². The zero-order valence-corrected chi connectivity index (χ0v) is 10.6. The Morgan fingerprint density at radius 3 is 2.41 bits per heavy atom. The summed E-state index contributed by atoms with van der Waals surface area (Å²) in [6, 6.07) is 6.36. The van der Waals surface area contributed by atoms with E-state index in [-0.39, 0.29) is 11.7 Å². The van der Waals surface area contributed by atoms with Gasteiger partial charge in [0, 0.05) is 0 Å². The molecule has 17 heavy (non-hydrogen) atoms. The van der Waals surface area contributed by atoms with Gasteiger partial charge in [-0.2, -0.15) is 0 Å². The van der Waals surface area contributed by atoms with Crippen LogP contribution in [0, 0.1) is 23.6 Å². The highest BCUT2D eigenvalue weighted by Gasteiger charge is 2.29. The maximum absolute atomic E-state index is 13.1. The van der Waals surface area contributed by atoms with Gasteiger partial charge in [0.2, 0.25) is 0 Å². The minimum atomic E-state index is -0.518. The monoisotopic (exact) mass is 236 g/mol. The van der Waals surface area contributed by atoms with Gasteiger partial charge in [-0.25, -0.2) is 4.39 Å². The summed E-state index contributed by atoms with van der Waals surface area (Å²) in [4.78, 5) is 0. The van der Waals surface area contributed by atoms with Crippen LogP contribution in [-0.4, -0.2) is 5.11 Å². The molecule has 0 amide bonds. The minimum absolute atomic E-state index is 0.265. The largest absolute Gasteiger partial charge is 0.388 e. The first-order valence-electron chi connectivity index (χ1n) is 6.49. The molecule has 1 saturated carbocycles. The summed E-state index contributed by atoms with van der Waals surface area (Å²) in [7, 11) is 0. The normalized spacial score (nSPS) is 31.2. The molecule has 0 aromatic heterocycles. The van der Waals surface area contributed by atoms with Crippen molar-refractivity contribution in [2.75, 3.05) is 0 Å². The fraction of sp³-hybridized carbons (Fsp3) is 0.600. The second-order valence-corrected chi connectivity index (χ2v) is 5.68. The van der Waals surface area contributed by atoms with Gasteiger partial charge in [-0.05, 0) is 54.7 Å². The highest BCUT2D eigenvalue weighted by atomic mass is 19.1. The van der Waals surface area contributed by atoms with E-state index in [0.29, 0.717) is 11.8 Å². The molecule has 1 aliphatic rings. The fourth-order valence-corrected chi connectivity index (χ4v) is 3.23. The van der Waals surface area contributed by atoms with Crippen molar-refractivity contribution >= 4 is 0 Å². The van der Waals surface area contributed by atoms with Crippen LogP contribution in [0.5, 0.6) is 0 Å². The molecule has 2 rings (SSSR count). The second kappa shape index (κ2) is 5.18. The molecule has 3 atom stereocenters. The maximum atomic E-state index is 13.1. The zero-order valence-electron chi connectivity index (χ0n) is 10.6. The third-order valence-corrected chi connectivity index (χ3v) is 3.85. The first-order chi connectivity index (χ1) is 8.06. The van der Waals surface area contributed by atoms with E-state index in [4.69, 9.17) is 0 Å². The SMILES string of the molecule is CC1CC(C)CC(C(O)c2cccc(F)c2)C1. The number of rotatable bonds is 2. The van der Waals surface area contributed by atoms with Crippen LogP contribution in [0.4, 0.5) is 4.39 Å². The minimum Gasteiger partial charge on any atom is -0.388 e. The van der Waals surface area contributed by atoms with Crippen molar-refractivity contribution in [3.63, 3.8) is 0 Å². The van der Waals surface area contributed by atoms with E-state index in [2.05, 4.69) is 13.8 Å². The van der Waals surface area contributed by atoms with Crippen LogP contribution in [0.25, 0.3) is 0 Å². The molecule has 1 N–H and O–H groups in total. The highest BCUT2D eigenvalue weighted by molar-refractivity contribution is 5.19. The Hall–Kier alpha value is -0.890. The summed E-state index contributed by atoms with van der Waals surface area (Å²) in [6.07, 6.45) is 2.81. The van der Waals surface area contributed by atoms with Gasteiger partial charge in [-0.15, -0.1) is 0 Å². The molecular weight excluding hydrogens is 215 g/mol. The lowest BCUT2D eigenvalue weighted by atomic mass is 9.73. The topological polar surface area (TPSA) is 20.2 Å². The van der Waals surface area contributed by atoms with E-state index in [9.17, 15) is 9.50 Å². The summed E-state index contributed by atoms with van der Waals surface area (Å²) in [5.41, 5.74) is 0.719. The standard InChI is InChI=1S/C15H21FO/c1-10-6-11(2)8-13(7-10)15(17)12-4-3-5-14(16)9-12/h3-5,9-11,13,15,17H,6-8H2,1-2H3. The summed E-state index contributed by atoms with van der Waals surface area (Å²) in [5.74, 6) is 1.33. The van der Waals surface area contributed by atoms with Crippen LogP contribution < -0.4 is 0 Å². The molecule has 0 radical (unpaired) electrons. The van der Waals surface area contributed by atoms with Crippen molar-refractivity contribution in [2.24, 2.45) is 17.8 Å². The van der Waals surface area contributed by atoms with Gasteiger partial charge in [0.25, 0.3) is 0 Å². The quantitative estimate of drug-likeness (QED) is 0.824. The molecule has 3 unspecified atom stereocenters. The van der Waals surface area contributed by atoms with Gasteiger partial charge >= 0.3 is 0 Å². The molecule has 1 aromatic carbocycles. The molecule has 0 aliphatic heterocycles. The van der Waals surface area contributed by atoms with Crippen LogP contribution in [0.1, 0.15) is 44.8 Å². The first-order valence-corrected chi connectivity index (χ1v) is 6.49. The zero-order chi connectivity index (χ0) is 12.4. The molecule has 1 nitrogen and oxygen atoms in total.